The van der Waals surface area contributed by atoms with Crippen LogP contribution in [0.5, 0.6) is 0 Å². The molecule has 8 aromatic carbocycles. The summed E-state index contributed by atoms with van der Waals surface area (Å²) in [6, 6.07) is 63.7. The SMILES string of the molecule is c1ccc(C2=NC(c3cccc(-c4cccc5c4sc4c5ccc5c(-c6ccccc6)nc6ccccc6c54)c3)N=C(c3cccc4oc5ccccc5c34)N2)cc1. The first-order chi connectivity index (χ1) is 28.7. The lowest BCUT2D eigenvalue weighted by molar-refractivity contribution is 0.669. The molecule has 0 fully saturated rings. The highest BCUT2D eigenvalue weighted by molar-refractivity contribution is 7.27. The number of hydrogen-bond donors (Lipinski definition) is 1. The van der Waals surface area contributed by atoms with Gasteiger partial charge in [0.25, 0.3) is 0 Å². The molecular formula is C52H32N4OS. The molecule has 272 valence electrons. The van der Waals surface area contributed by atoms with Crippen LogP contribution in [-0.2, 0) is 0 Å². The van der Waals surface area contributed by atoms with Crippen molar-refractivity contribution in [2.75, 3.05) is 0 Å². The van der Waals surface area contributed by atoms with Gasteiger partial charge < -0.3 is 9.73 Å². The molecule has 1 aliphatic rings. The second kappa shape index (κ2) is 13.1. The predicted molar refractivity (Wildman–Crippen MR) is 242 cm³/mol. The summed E-state index contributed by atoms with van der Waals surface area (Å²) >= 11 is 1.87. The second-order valence-corrected chi connectivity index (χ2v) is 15.7. The average Bonchev–Trinajstić information content (AvgIpc) is 3.88. The molecule has 1 aliphatic heterocycles. The number of benzene rings is 8. The first-order valence-electron chi connectivity index (χ1n) is 19.5. The summed E-state index contributed by atoms with van der Waals surface area (Å²) in [5.41, 5.74) is 10.1. The van der Waals surface area contributed by atoms with Crippen LogP contribution in [0.2, 0.25) is 0 Å². The van der Waals surface area contributed by atoms with Crippen LogP contribution in [-0.4, -0.2) is 16.7 Å². The largest absolute Gasteiger partial charge is 0.456 e. The number of para-hydroxylation sites is 2. The second-order valence-electron chi connectivity index (χ2n) is 14.7. The maximum absolute atomic E-state index is 6.28. The zero-order chi connectivity index (χ0) is 38.2. The van der Waals surface area contributed by atoms with Gasteiger partial charge >= 0.3 is 0 Å². The third-order valence-corrected chi connectivity index (χ3v) is 12.6. The molecule has 11 aromatic rings. The Morgan fingerprint density at radius 2 is 1.09 bits per heavy atom. The van der Waals surface area contributed by atoms with E-state index in [1.165, 1.54) is 41.9 Å². The fraction of sp³-hybridized carbons (Fsp3) is 0.0192. The van der Waals surface area contributed by atoms with Crippen molar-refractivity contribution in [3.63, 3.8) is 0 Å². The number of nitrogens with one attached hydrogen (secondary N) is 1. The van der Waals surface area contributed by atoms with E-state index >= 15 is 0 Å². The van der Waals surface area contributed by atoms with Crippen LogP contribution >= 0.6 is 11.3 Å². The monoisotopic (exact) mass is 760 g/mol. The predicted octanol–water partition coefficient (Wildman–Crippen LogP) is 13.5. The van der Waals surface area contributed by atoms with Crippen molar-refractivity contribution in [3.8, 4) is 22.4 Å². The number of aliphatic imine (C=N–C) groups is 2. The number of nitrogens with zero attached hydrogens (tertiary/aromatic N) is 3. The van der Waals surface area contributed by atoms with Crippen molar-refractivity contribution in [1.29, 1.82) is 0 Å². The minimum absolute atomic E-state index is 0.472. The lowest BCUT2D eigenvalue weighted by atomic mass is 9.97. The molecule has 0 radical (unpaired) electrons. The molecule has 4 heterocycles. The van der Waals surface area contributed by atoms with Gasteiger partial charge in [-0.1, -0.05) is 158 Å². The van der Waals surface area contributed by atoms with Crippen LogP contribution < -0.4 is 5.32 Å². The van der Waals surface area contributed by atoms with Crippen molar-refractivity contribution in [2.45, 2.75) is 6.17 Å². The smallest absolute Gasteiger partial charge is 0.169 e. The van der Waals surface area contributed by atoms with Gasteiger partial charge in [-0.3, -0.25) is 0 Å². The molecule has 1 unspecified atom stereocenters. The third-order valence-electron chi connectivity index (χ3n) is 11.3. The summed E-state index contributed by atoms with van der Waals surface area (Å²) < 4.78 is 8.81. The Hall–Kier alpha value is -7.41. The highest BCUT2D eigenvalue weighted by Gasteiger charge is 2.24. The van der Waals surface area contributed by atoms with Gasteiger partial charge in [0.15, 0.2) is 6.17 Å². The maximum atomic E-state index is 6.28. The summed E-state index contributed by atoms with van der Waals surface area (Å²) in [4.78, 5) is 15.8. The van der Waals surface area contributed by atoms with Gasteiger partial charge in [-0.2, -0.15) is 0 Å². The molecule has 58 heavy (non-hydrogen) atoms. The number of furan rings is 1. The Bertz CT molecular complexity index is 3490. The van der Waals surface area contributed by atoms with E-state index in [9.17, 15) is 0 Å². The standard InChI is InChI=1S/C52H32N4OS/c1-3-14-31(15-4-1)47-40-29-28-37-36-23-12-22-35(48(36)58-49(37)46(40)38-20-7-9-25-42(38)53-47)33-18-11-19-34(30-33)51-54-50(32-16-5-2-6-17-32)55-52(56-51)41-24-13-27-44-45(41)39-21-8-10-26-43(39)57-44/h1-30,51H,(H,54,55,56). The molecule has 3 aromatic heterocycles. The summed E-state index contributed by atoms with van der Waals surface area (Å²) in [7, 11) is 0. The normalized spacial score (nSPS) is 14.4. The topological polar surface area (TPSA) is 62.8 Å². The summed E-state index contributed by atoms with van der Waals surface area (Å²) in [6.45, 7) is 0. The number of aromatic nitrogens is 1. The zero-order valence-electron chi connectivity index (χ0n) is 31.1. The van der Waals surface area contributed by atoms with E-state index in [-0.39, 0.29) is 0 Å². The lowest BCUT2D eigenvalue weighted by Gasteiger charge is -2.23. The van der Waals surface area contributed by atoms with Crippen molar-refractivity contribution in [2.24, 2.45) is 9.98 Å². The molecule has 5 nitrogen and oxygen atoms in total. The molecule has 0 spiro atoms. The Morgan fingerprint density at radius 3 is 1.97 bits per heavy atom. The van der Waals surface area contributed by atoms with E-state index in [0.717, 1.165) is 72.6 Å². The first-order valence-corrected chi connectivity index (χ1v) is 20.3. The van der Waals surface area contributed by atoms with E-state index in [0.29, 0.717) is 0 Å². The van der Waals surface area contributed by atoms with Crippen molar-refractivity contribution in [1.82, 2.24) is 10.3 Å². The summed E-state index contributed by atoms with van der Waals surface area (Å²) in [6.07, 6.45) is -0.472. The van der Waals surface area contributed by atoms with Gasteiger partial charge in [-0.05, 0) is 41.0 Å². The molecule has 6 heteroatoms. The van der Waals surface area contributed by atoms with Crippen LogP contribution in [0.4, 0.5) is 0 Å². The fourth-order valence-corrected chi connectivity index (χ4v) is 10.0. The number of hydrogen-bond acceptors (Lipinski definition) is 6. The molecule has 0 bridgehead atoms. The highest BCUT2D eigenvalue weighted by atomic mass is 32.1. The van der Waals surface area contributed by atoms with Gasteiger partial charge in [0.2, 0.25) is 0 Å². The van der Waals surface area contributed by atoms with Gasteiger partial charge in [0.05, 0.1) is 11.2 Å². The van der Waals surface area contributed by atoms with E-state index < -0.39 is 6.17 Å². The molecule has 0 amide bonds. The van der Waals surface area contributed by atoms with Crippen LogP contribution in [0.3, 0.4) is 0 Å². The molecular weight excluding hydrogens is 729 g/mol. The van der Waals surface area contributed by atoms with Crippen LogP contribution in [0.15, 0.2) is 196 Å². The molecule has 0 saturated heterocycles. The van der Waals surface area contributed by atoms with Gasteiger partial charge in [0, 0.05) is 63.8 Å². The summed E-state index contributed by atoms with van der Waals surface area (Å²) in [5, 5.41) is 11.8. The van der Waals surface area contributed by atoms with Crippen LogP contribution in [0.25, 0.3) is 86.2 Å². The van der Waals surface area contributed by atoms with Crippen LogP contribution in [0, 0.1) is 0 Å². The number of amidine groups is 2. The number of pyridine rings is 1. The molecule has 1 atom stereocenters. The van der Waals surface area contributed by atoms with E-state index in [1.807, 2.05) is 53.8 Å². The maximum Gasteiger partial charge on any atom is 0.169 e. The lowest BCUT2D eigenvalue weighted by Crippen LogP contribution is -2.36. The Balaban J connectivity index is 1.03. The highest BCUT2D eigenvalue weighted by Crippen LogP contribution is 2.46. The first kappa shape index (κ1) is 32.8. The van der Waals surface area contributed by atoms with Gasteiger partial charge in [-0.15, -0.1) is 11.3 Å². The Morgan fingerprint density at radius 1 is 0.448 bits per heavy atom. The quantitative estimate of drug-likeness (QED) is 0.178. The Labute approximate surface area is 337 Å². The van der Waals surface area contributed by atoms with Gasteiger partial charge in [-0.25, -0.2) is 15.0 Å². The average molecular weight is 761 g/mol. The minimum atomic E-state index is -0.472. The molecule has 0 aliphatic carbocycles. The van der Waals surface area contributed by atoms with Crippen molar-refractivity contribution >= 4 is 86.8 Å². The molecule has 1 N–H and O–H groups in total. The van der Waals surface area contributed by atoms with Gasteiger partial charge in [0.1, 0.15) is 22.8 Å². The number of fused-ring (bicyclic) bond motifs is 10. The number of thiophene rings is 1. The van der Waals surface area contributed by atoms with Crippen molar-refractivity contribution in [3.05, 3.63) is 199 Å². The minimum Gasteiger partial charge on any atom is -0.456 e. The van der Waals surface area contributed by atoms with E-state index in [4.69, 9.17) is 19.4 Å². The summed E-state index contributed by atoms with van der Waals surface area (Å²) in [5.74, 6) is 1.54. The third kappa shape index (κ3) is 5.19. The van der Waals surface area contributed by atoms with Crippen molar-refractivity contribution < 1.29 is 4.42 Å². The molecule has 0 saturated carbocycles. The zero-order valence-corrected chi connectivity index (χ0v) is 31.9. The van der Waals surface area contributed by atoms with E-state index in [1.54, 1.807) is 0 Å². The van der Waals surface area contributed by atoms with E-state index in [2.05, 4.69) is 145 Å². The number of rotatable bonds is 5. The molecule has 12 rings (SSSR count). The van der Waals surface area contributed by atoms with Crippen LogP contribution in [0.1, 0.15) is 22.9 Å². The Kier molecular flexibility index (Phi) is 7.40. The fourth-order valence-electron chi connectivity index (χ4n) is 8.65.